The van der Waals surface area contributed by atoms with Crippen molar-refractivity contribution in [2.75, 3.05) is 7.11 Å². The lowest BCUT2D eigenvalue weighted by molar-refractivity contribution is -0.0189. The van der Waals surface area contributed by atoms with Gasteiger partial charge in [-0.05, 0) is 54.1 Å². The van der Waals surface area contributed by atoms with Gasteiger partial charge in [-0.2, -0.15) is 5.10 Å². The molecule has 0 aromatic heterocycles. The van der Waals surface area contributed by atoms with Crippen molar-refractivity contribution >= 4 is 44.8 Å². The molecule has 5 rings (SSSR count). The standard InChI is InChI=1S/C23H17BrCl2N2O2/c1-29-17-8-4-13(5-9-17)20-12-21-18-10-16(25)11-19(26)22(18)30-23(28(21)27-20)14-2-6-15(24)7-3-14/h2-11,21,23H,12H2,1H3/t21-,23+/m0/s1. The number of hydrazone groups is 1. The number of fused-ring (bicyclic) bond motifs is 3. The zero-order valence-corrected chi connectivity index (χ0v) is 19.1. The molecule has 0 N–H and O–H groups in total. The smallest absolute Gasteiger partial charge is 0.213 e. The third-order valence-electron chi connectivity index (χ3n) is 5.39. The quantitative estimate of drug-likeness (QED) is 0.385. The fourth-order valence-corrected chi connectivity index (χ4v) is 4.74. The van der Waals surface area contributed by atoms with Gasteiger partial charge >= 0.3 is 0 Å². The van der Waals surface area contributed by atoms with E-state index >= 15 is 0 Å². The number of ether oxygens (including phenoxy) is 2. The van der Waals surface area contributed by atoms with Crippen LogP contribution in [0.5, 0.6) is 11.5 Å². The molecule has 152 valence electrons. The maximum Gasteiger partial charge on any atom is 0.213 e. The van der Waals surface area contributed by atoms with Crippen molar-refractivity contribution in [1.82, 2.24) is 5.01 Å². The molecule has 0 saturated carbocycles. The Bertz CT molecular complexity index is 1130. The van der Waals surface area contributed by atoms with Gasteiger partial charge in [-0.3, -0.25) is 0 Å². The van der Waals surface area contributed by atoms with Crippen LogP contribution in [-0.2, 0) is 0 Å². The molecular formula is C23H17BrCl2N2O2. The molecule has 0 aliphatic carbocycles. The molecule has 7 heteroatoms. The lowest BCUT2D eigenvalue weighted by atomic mass is 9.96. The Kier molecular flexibility index (Phi) is 5.13. The minimum atomic E-state index is -0.384. The number of hydrogen-bond donors (Lipinski definition) is 0. The highest BCUT2D eigenvalue weighted by Crippen LogP contribution is 2.50. The second-order valence-corrected chi connectivity index (χ2v) is 8.96. The highest BCUT2D eigenvalue weighted by atomic mass is 79.9. The van der Waals surface area contributed by atoms with Crippen molar-refractivity contribution in [1.29, 1.82) is 0 Å². The van der Waals surface area contributed by atoms with Crippen molar-refractivity contribution in [3.63, 3.8) is 0 Å². The summed E-state index contributed by atoms with van der Waals surface area (Å²) in [6, 6.07) is 19.6. The number of nitrogens with zero attached hydrogens (tertiary/aromatic N) is 2. The summed E-state index contributed by atoms with van der Waals surface area (Å²) in [6.07, 6.45) is 0.344. The summed E-state index contributed by atoms with van der Waals surface area (Å²) in [5, 5.41) is 8.07. The lowest BCUT2D eigenvalue weighted by Crippen LogP contribution is -2.33. The Balaban J connectivity index is 1.60. The first-order chi connectivity index (χ1) is 14.5. The largest absolute Gasteiger partial charge is 0.497 e. The van der Waals surface area contributed by atoms with Gasteiger partial charge in [0.15, 0.2) is 0 Å². The second kappa shape index (κ2) is 7.80. The average Bonchev–Trinajstić information content (AvgIpc) is 3.20. The highest BCUT2D eigenvalue weighted by molar-refractivity contribution is 9.10. The second-order valence-electron chi connectivity index (χ2n) is 7.20. The van der Waals surface area contributed by atoms with E-state index in [0.29, 0.717) is 15.8 Å². The fourth-order valence-electron chi connectivity index (χ4n) is 3.92. The molecule has 4 nitrogen and oxygen atoms in total. The number of rotatable bonds is 3. The Morgan fingerprint density at radius 1 is 1.07 bits per heavy atom. The van der Waals surface area contributed by atoms with Crippen LogP contribution in [0.3, 0.4) is 0 Å². The maximum absolute atomic E-state index is 6.52. The molecule has 2 heterocycles. The van der Waals surface area contributed by atoms with Crippen molar-refractivity contribution in [2.24, 2.45) is 5.10 Å². The van der Waals surface area contributed by atoms with E-state index in [0.717, 1.165) is 39.0 Å². The number of hydrogen-bond acceptors (Lipinski definition) is 4. The summed E-state index contributed by atoms with van der Waals surface area (Å²) >= 11 is 16.3. The molecule has 0 spiro atoms. The van der Waals surface area contributed by atoms with E-state index in [2.05, 4.69) is 15.9 Å². The number of benzene rings is 3. The summed E-state index contributed by atoms with van der Waals surface area (Å²) in [7, 11) is 1.66. The first-order valence-corrected chi connectivity index (χ1v) is 11.0. The van der Waals surface area contributed by atoms with Gasteiger partial charge in [-0.15, -0.1) is 0 Å². The fraction of sp³-hybridized carbons (Fsp3) is 0.174. The molecule has 3 aromatic carbocycles. The SMILES string of the molecule is COc1ccc(C2=NN3[C@@H](c4ccc(Br)cc4)Oc4c(Cl)cc(Cl)cc4[C@@H]3C2)cc1. The number of halogens is 3. The van der Waals surface area contributed by atoms with Crippen LogP contribution in [0.25, 0.3) is 0 Å². The van der Waals surface area contributed by atoms with E-state index in [-0.39, 0.29) is 12.3 Å². The monoisotopic (exact) mass is 502 g/mol. The average molecular weight is 504 g/mol. The minimum absolute atomic E-state index is 0.0179. The van der Waals surface area contributed by atoms with E-state index in [4.69, 9.17) is 37.8 Å². The highest BCUT2D eigenvalue weighted by Gasteiger charge is 2.42. The van der Waals surface area contributed by atoms with Crippen LogP contribution in [0, 0.1) is 0 Å². The van der Waals surface area contributed by atoms with Crippen LogP contribution in [0.2, 0.25) is 10.0 Å². The van der Waals surface area contributed by atoms with E-state index in [1.165, 1.54) is 0 Å². The van der Waals surface area contributed by atoms with Crippen LogP contribution in [0.4, 0.5) is 0 Å². The van der Waals surface area contributed by atoms with Crippen LogP contribution in [0.1, 0.15) is 35.4 Å². The molecule has 0 radical (unpaired) electrons. The Hall–Kier alpha value is -2.21. The Labute approximate surface area is 193 Å². The molecule has 2 aliphatic heterocycles. The van der Waals surface area contributed by atoms with Gasteiger partial charge < -0.3 is 9.47 Å². The molecule has 0 saturated heterocycles. The maximum atomic E-state index is 6.52. The molecule has 3 aromatic rings. The van der Waals surface area contributed by atoms with Gasteiger partial charge in [0.2, 0.25) is 6.23 Å². The van der Waals surface area contributed by atoms with Crippen LogP contribution in [0.15, 0.2) is 70.2 Å². The Morgan fingerprint density at radius 2 is 1.80 bits per heavy atom. The summed E-state index contributed by atoms with van der Waals surface area (Å²) in [5.41, 5.74) is 3.99. The predicted octanol–water partition coefficient (Wildman–Crippen LogP) is 7.01. The molecule has 30 heavy (non-hydrogen) atoms. The summed E-state index contributed by atoms with van der Waals surface area (Å²) < 4.78 is 12.7. The van der Waals surface area contributed by atoms with E-state index in [1.54, 1.807) is 13.2 Å². The molecule has 2 aliphatic rings. The first-order valence-electron chi connectivity index (χ1n) is 9.45. The molecule has 0 fully saturated rings. The van der Waals surface area contributed by atoms with Crippen molar-refractivity contribution in [3.05, 3.63) is 91.9 Å². The zero-order valence-electron chi connectivity index (χ0n) is 16.0. The van der Waals surface area contributed by atoms with Crippen LogP contribution >= 0.6 is 39.1 Å². The molecule has 0 unspecified atom stereocenters. The zero-order chi connectivity index (χ0) is 20.8. The van der Waals surface area contributed by atoms with Gasteiger partial charge in [0.1, 0.15) is 11.5 Å². The molecule has 0 bridgehead atoms. The van der Waals surface area contributed by atoms with Crippen LogP contribution < -0.4 is 9.47 Å². The van der Waals surface area contributed by atoms with Crippen molar-refractivity contribution in [2.45, 2.75) is 18.7 Å². The predicted molar refractivity (Wildman–Crippen MR) is 123 cm³/mol. The van der Waals surface area contributed by atoms with E-state index < -0.39 is 0 Å². The van der Waals surface area contributed by atoms with Crippen LogP contribution in [-0.4, -0.2) is 17.8 Å². The topological polar surface area (TPSA) is 34.1 Å². The van der Waals surface area contributed by atoms with Gasteiger partial charge in [0, 0.05) is 27.0 Å². The van der Waals surface area contributed by atoms with Gasteiger partial charge in [0.25, 0.3) is 0 Å². The van der Waals surface area contributed by atoms with Crippen molar-refractivity contribution < 1.29 is 9.47 Å². The van der Waals surface area contributed by atoms with Gasteiger partial charge in [-0.25, -0.2) is 5.01 Å². The summed E-state index contributed by atoms with van der Waals surface area (Å²) in [5.74, 6) is 1.48. The molecular weight excluding hydrogens is 487 g/mol. The Morgan fingerprint density at radius 3 is 2.50 bits per heavy atom. The number of methoxy groups -OCH3 is 1. The van der Waals surface area contributed by atoms with Gasteiger partial charge in [-0.1, -0.05) is 51.3 Å². The molecule has 0 amide bonds. The van der Waals surface area contributed by atoms with E-state index in [9.17, 15) is 0 Å². The minimum Gasteiger partial charge on any atom is -0.497 e. The normalized spacial score (nSPS) is 19.6. The third-order valence-corrected chi connectivity index (χ3v) is 6.41. The van der Waals surface area contributed by atoms with E-state index in [1.807, 2.05) is 59.6 Å². The lowest BCUT2D eigenvalue weighted by Gasteiger charge is -2.38. The van der Waals surface area contributed by atoms with Gasteiger partial charge in [0.05, 0.1) is 23.9 Å². The third kappa shape index (κ3) is 3.45. The summed E-state index contributed by atoms with van der Waals surface area (Å²) in [6.45, 7) is 0. The summed E-state index contributed by atoms with van der Waals surface area (Å²) in [4.78, 5) is 0. The molecule has 2 atom stereocenters. The van der Waals surface area contributed by atoms with Crippen molar-refractivity contribution in [3.8, 4) is 11.5 Å². The first kappa shape index (κ1) is 19.7.